The van der Waals surface area contributed by atoms with Gasteiger partial charge in [-0.15, -0.1) is 0 Å². The van der Waals surface area contributed by atoms with Gasteiger partial charge < -0.3 is 10.3 Å². The van der Waals surface area contributed by atoms with Crippen LogP contribution < -0.4 is 5.32 Å². The first kappa shape index (κ1) is 11.9. The molecular weight excluding hydrogens is 210 g/mol. The summed E-state index contributed by atoms with van der Waals surface area (Å²) in [6, 6.07) is 8.89. The molecule has 0 spiro atoms. The Morgan fingerprint density at radius 1 is 1.29 bits per heavy atom. The van der Waals surface area contributed by atoms with Crippen molar-refractivity contribution in [2.75, 3.05) is 7.05 Å². The van der Waals surface area contributed by atoms with Crippen molar-refractivity contribution < 1.29 is 0 Å². The number of imidazole rings is 1. The molecule has 1 aromatic carbocycles. The van der Waals surface area contributed by atoms with E-state index in [-0.39, 0.29) is 6.04 Å². The van der Waals surface area contributed by atoms with E-state index in [9.17, 15) is 0 Å². The Labute approximate surface area is 102 Å². The number of aromatic amines is 1. The van der Waals surface area contributed by atoms with Crippen LogP contribution >= 0.6 is 0 Å². The molecule has 2 rings (SSSR count). The number of nitrogens with zero attached hydrogens (tertiary/aromatic N) is 1. The number of benzene rings is 1. The molecule has 3 nitrogen and oxygen atoms in total. The summed E-state index contributed by atoms with van der Waals surface area (Å²) in [6.45, 7) is 2.20. The Balaban J connectivity index is 2.20. The second kappa shape index (κ2) is 5.64. The summed E-state index contributed by atoms with van der Waals surface area (Å²) in [5.74, 6) is 0.954. The van der Waals surface area contributed by atoms with Crippen molar-refractivity contribution in [3.63, 3.8) is 0 Å². The number of aryl methyl sites for hydroxylation is 1. The summed E-state index contributed by atoms with van der Waals surface area (Å²) in [6.07, 6.45) is 5.97. The van der Waals surface area contributed by atoms with Crippen molar-refractivity contribution in [2.45, 2.75) is 25.8 Å². The molecular formula is C14H19N3. The van der Waals surface area contributed by atoms with Gasteiger partial charge in [0.25, 0.3) is 0 Å². The van der Waals surface area contributed by atoms with E-state index in [4.69, 9.17) is 0 Å². The first-order valence-electron chi connectivity index (χ1n) is 6.10. The highest BCUT2D eigenvalue weighted by Crippen LogP contribution is 2.19. The molecule has 0 saturated heterocycles. The second-order valence-electron chi connectivity index (χ2n) is 4.19. The van der Waals surface area contributed by atoms with Crippen LogP contribution in [0.25, 0.3) is 0 Å². The van der Waals surface area contributed by atoms with Crippen molar-refractivity contribution in [3.05, 3.63) is 53.6 Å². The predicted octanol–water partition coefficient (Wildman–Crippen LogP) is 2.67. The minimum absolute atomic E-state index is 0.140. The van der Waals surface area contributed by atoms with Crippen molar-refractivity contribution in [3.8, 4) is 0 Å². The van der Waals surface area contributed by atoms with Crippen LogP contribution in [-0.2, 0) is 6.42 Å². The number of rotatable bonds is 5. The minimum atomic E-state index is 0.140. The van der Waals surface area contributed by atoms with E-state index in [0.717, 1.165) is 12.2 Å². The molecule has 0 aliphatic carbocycles. The van der Waals surface area contributed by atoms with Crippen LogP contribution in [0.4, 0.5) is 0 Å². The Morgan fingerprint density at radius 3 is 2.59 bits per heavy atom. The van der Waals surface area contributed by atoms with Crippen LogP contribution in [0.3, 0.4) is 0 Å². The van der Waals surface area contributed by atoms with Gasteiger partial charge in [-0.1, -0.05) is 37.6 Å². The maximum atomic E-state index is 4.30. The van der Waals surface area contributed by atoms with Crippen molar-refractivity contribution in [1.29, 1.82) is 0 Å². The normalized spacial score (nSPS) is 12.6. The molecule has 0 aliphatic rings. The molecule has 0 saturated carbocycles. The van der Waals surface area contributed by atoms with E-state index in [1.54, 1.807) is 6.20 Å². The Kier molecular flexibility index (Phi) is 3.94. The summed E-state index contributed by atoms with van der Waals surface area (Å²) in [4.78, 5) is 7.46. The Morgan fingerprint density at radius 2 is 2.06 bits per heavy atom. The van der Waals surface area contributed by atoms with Crippen LogP contribution in [0.15, 0.2) is 36.7 Å². The molecule has 0 fully saturated rings. The number of hydrogen-bond donors (Lipinski definition) is 2. The van der Waals surface area contributed by atoms with Gasteiger partial charge in [0.15, 0.2) is 0 Å². The van der Waals surface area contributed by atoms with Crippen molar-refractivity contribution in [2.24, 2.45) is 0 Å². The maximum Gasteiger partial charge on any atom is 0.127 e. The third-order valence-corrected chi connectivity index (χ3v) is 2.93. The molecule has 0 bridgehead atoms. The average molecular weight is 229 g/mol. The molecule has 0 aliphatic heterocycles. The summed E-state index contributed by atoms with van der Waals surface area (Å²) in [5.41, 5.74) is 2.63. The van der Waals surface area contributed by atoms with Crippen LogP contribution in [0.1, 0.15) is 36.3 Å². The van der Waals surface area contributed by atoms with Gasteiger partial charge in [0.05, 0.1) is 6.04 Å². The predicted molar refractivity (Wildman–Crippen MR) is 69.9 cm³/mol. The van der Waals surface area contributed by atoms with Gasteiger partial charge in [-0.25, -0.2) is 4.98 Å². The molecule has 90 valence electrons. The molecule has 1 atom stereocenters. The molecule has 1 aromatic heterocycles. The van der Waals surface area contributed by atoms with Crippen molar-refractivity contribution in [1.82, 2.24) is 15.3 Å². The molecule has 1 heterocycles. The Bertz CT molecular complexity index is 431. The van der Waals surface area contributed by atoms with E-state index in [1.165, 1.54) is 17.5 Å². The zero-order valence-corrected chi connectivity index (χ0v) is 10.4. The lowest BCUT2D eigenvalue weighted by Crippen LogP contribution is -2.18. The van der Waals surface area contributed by atoms with Gasteiger partial charge in [-0.3, -0.25) is 0 Å². The standard InChI is InChI=1S/C14H19N3/c1-3-4-11-5-7-12(8-6-11)13(15-2)14-16-9-10-17-14/h5-10,13,15H,3-4H2,1-2H3,(H,16,17). The lowest BCUT2D eigenvalue weighted by molar-refractivity contribution is 0.655. The zero-order chi connectivity index (χ0) is 12.1. The molecule has 2 aromatic rings. The van der Waals surface area contributed by atoms with Gasteiger partial charge >= 0.3 is 0 Å². The molecule has 3 heteroatoms. The van der Waals surface area contributed by atoms with Crippen LogP contribution in [-0.4, -0.2) is 17.0 Å². The van der Waals surface area contributed by atoms with Crippen LogP contribution in [0.5, 0.6) is 0 Å². The third-order valence-electron chi connectivity index (χ3n) is 2.93. The highest BCUT2D eigenvalue weighted by atomic mass is 15.0. The van der Waals surface area contributed by atoms with Gasteiger partial charge in [0, 0.05) is 12.4 Å². The molecule has 0 radical (unpaired) electrons. The molecule has 0 amide bonds. The first-order chi connectivity index (χ1) is 8.35. The van der Waals surface area contributed by atoms with E-state index in [0.29, 0.717) is 0 Å². The van der Waals surface area contributed by atoms with Gasteiger partial charge in [0.2, 0.25) is 0 Å². The quantitative estimate of drug-likeness (QED) is 0.827. The van der Waals surface area contributed by atoms with Gasteiger partial charge in [-0.05, 0) is 24.6 Å². The summed E-state index contributed by atoms with van der Waals surface area (Å²) < 4.78 is 0. The second-order valence-corrected chi connectivity index (χ2v) is 4.19. The lowest BCUT2D eigenvalue weighted by Gasteiger charge is -2.14. The topological polar surface area (TPSA) is 40.7 Å². The number of H-pyrrole nitrogens is 1. The summed E-state index contributed by atoms with van der Waals surface area (Å²) >= 11 is 0. The van der Waals surface area contributed by atoms with E-state index in [1.807, 2.05) is 13.2 Å². The fourth-order valence-corrected chi connectivity index (χ4v) is 2.06. The number of aromatic nitrogens is 2. The number of nitrogens with one attached hydrogen (secondary N) is 2. The third kappa shape index (κ3) is 2.74. The van der Waals surface area contributed by atoms with E-state index >= 15 is 0 Å². The minimum Gasteiger partial charge on any atom is -0.347 e. The van der Waals surface area contributed by atoms with Crippen molar-refractivity contribution >= 4 is 0 Å². The number of hydrogen-bond acceptors (Lipinski definition) is 2. The SMILES string of the molecule is CCCc1ccc(C(NC)c2ncc[nH]2)cc1. The van der Waals surface area contributed by atoms with Gasteiger partial charge in [-0.2, -0.15) is 0 Å². The van der Waals surface area contributed by atoms with E-state index in [2.05, 4.69) is 46.5 Å². The van der Waals surface area contributed by atoms with Crippen LogP contribution in [0, 0.1) is 0 Å². The summed E-state index contributed by atoms with van der Waals surface area (Å²) in [7, 11) is 1.95. The maximum absolute atomic E-state index is 4.30. The first-order valence-corrected chi connectivity index (χ1v) is 6.10. The van der Waals surface area contributed by atoms with Crippen LogP contribution in [0.2, 0.25) is 0 Å². The summed E-state index contributed by atoms with van der Waals surface area (Å²) in [5, 5.41) is 3.28. The lowest BCUT2D eigenvalue weighted by atomic mass is 10.0. The monoisotopic (exact) mass is 229 g/mol. The highest BCUT2D eigenvalue weighted by Gasteiger charge is 2.13. The molecule has 17 heavy (non-hydrogen) atoms. The fraction of sp³-hybridized carbons (Fsp3) is 0.357. The highest BCUT2D eigenvalue weighted by molar-refractivity contribution is 5.28. The molecule has 1 unspecified atom stereocenters. The smallest absolute Gasteiger partial charge is 0.127 e. The zero-order valence-electron chi connectivity index (χ0n) is 10.4. The average Bonchev–Trinajstić information content (AvgIpc) is 2.86. The fourth-order valence-electron chi connectivity index (χ4n) is 2.06. The largest absolute Gasteiger partial charge is 0.347 e. The van der Waals surface area contributed by atoms with E-state index < -0.39 is 0 Å². The van der Waals surface area contributed by atoms with Gasteiger partial charge in [0.1, 0.15) is 5.82 Å². The molecule has 2 N–H and O–H groups in total. The Hall–Kier alpha value is -1.61.